The number of cyclic esters (lactones) is 1. The van der Waals surface area contributed by atoms with Gasteiger partial charge in [0.05, 0.1) is 12.2 Å². The molecule has 0 radical (unpaired) electrons. The predicted molar refractivity (Wildman–Crippen MR) is 123 cm³/mol. The van der Waals surface area contributed by atoms with Crippen LogP contribution in [-0.4, -0.2) is 48.2 Å². The summed E-state index contributed by atoms with van der Waals surface area (Å²) >= 11 is 0. The number of rotatable bonds is 5. The van der Waals surface area contributed by atoms with Crippen molar-refractivity contribution < 1.29 is 24.5 Å². The molecule has 0 spiro atoms. The first-order valence-electron chi connectivity index (χ1n) is 11.2. The third kappa shape index (κ3) is 7.03. The Balaban J connectivity index is 2.40. The first-order valence-corrected chi connectivity index (χ1v) is 11.2. The van der Waals surface area contributed by atoms with Gasteiger partial charge in [0.1, 0.15) is 6.10 Å². The molecule has 31 heavy (non-hydrogen) atoms. The fraction of sp³-hybridized carbons (Fsp3) is 0.577. The van der Waals surface area contributed by atoms with Gasteiger partial charge in [0.15, 0.2) is 0 Å². The van der Waals surface area contributed by atoms with Crippen LogP contribution in [0.3, 0.4) is 0 Å². The van der Waals surface area contributed by atoms with E-state index in [1.54, 1.807) is 7.11 Å². The highest BCUT2D eigenvalue weighted by Gasteiger charge is 2.33. The molecule has 0 fully saturated rings. The summed E-state index contributed by atoms with van der Waals surface area (Å²) in [5.74, 6) is -0.392. The molecule has 0 amide bonds. The molecular weight excluding hydrogens is 392 g/mol. The maximum Gasteiger partial charge on any atom is 0.331 e. The van der Waals surface area contributed by atoms with Gasteiger partial charge < -0.3 is 19.7 Å². The number of ether oxygens (including phenoxy) is 2. The molecule has 172 valence electrons. The van der Waals surface area contributed by atoms with Gasteiger partial charge in [-0.1, -0.05) is 57.2 Å². The van der Waals surface area contributed by atoms with Gasteiger partial charge in [0.25, 0.3) is 0 Å². The molecule has 1 unspecified atom stereocenters. The number of aliphatic hydroxyl groups is 2. The average Bonchev–Trinajstić information content (AvgIpc) is 2.75. The van der Waals surface area contributed by atoms with Gasteiger partial charge in [0, 0.05) is 44.0 Å². The van der Waals surface area contributed by atoms with Crippen molar-refractivity contribution in [3.63, 3.8) is 0 Å². The summed E-state index contributed by atoms with van der Waals surface area (Å²) in [7, 11) is 1.62. The van der Waals surface area contributed by atoms with E-state index in [2.05, 4.69) is 6.07 Å². The maximum atomic E-state index is 12.5. The van der Waals surface area contributed by atoms with Crippen molar-refractivity contribution in [2.45, 2.75) is 77.1 Å². The highest BCUT2D eigenvalue weighted by Crippen LogP contribution is 2.32. The highest BCUT2D eigenvalue weighted by molar-refractivity contribution is 5.82. The van der Waals surface area contributed by atoms with Crippen molar-refractivity contribution in [3.8, 4) is 0 Å². The van der Waals surface area contributed by atoms with Crippen molar-refractivity contribution >= 4 is 5.97 Å². The Hall–Kier alpha value is -1.95. The van der Waals surface area contributed by atoms with Crippen LogP contribution in [0.1, 0.15) is 58.1 Å². The molecule has 1 heterocycles. The summed E-state index contributed by atoms with van der Waals surface area (Å²) in [6.07, 6.45) is 6.11. The second-order valence-electron chi connectivity index (χ2n) is 9.06. The van der Waals surface area contributed by atoms with Gasteiger partial charge in [-0.05, 0) is 36.5 Å². The zero-order valence-corrected chi connectivity index (χ0v) is 19.5. The Kier molecular flexibility index (Phi) is 9.48. The molecule has 0 saturated carbocycles. The lowest BCUT2D eigenvalue weighted by Crippen LogP contribution is -2.38. The Bertz CT molecular complexity index is 776. The second kappa shape index (κ2) is 11.6. The number of esters is 1. The van der Waals surface area contributed by atoms with Crippen LogP contribution in [0, 0.1) is 5.92 Å². The molecule has 1 aliphatic heterocycles. The summed E-state index contributed by atoms with van der Waals surface area (Å²) in [6, 6.07) is 8.12. The quantitative estimate of drug-likeness (QED) is 0.543. The molecule has 5 nitrogen and oxygen atoms in total. The minimum Gasteiger partial charge on any atom is -0.455 e. The molecule has 0 aliphatic carbocycles. The fourth-order valence-corrected chi connectivity index (χ4v) is 3.94. The van der Waals surface area contributed by atoms with Crippen LogP contribution in [0.5, 0.6) is 0 Å². The molecule has 1 aromatic rings. The number of hydrogen-bond acceptors (Lipinski definition) is 5. The number of fused-ring (bicyclic) bond motifs is 2. The van der Waals surface area contributed by atoms with Crippen LogP contribution in [0.15, 0.2) is 48.1 Å². The van der Waals surface area contributed by atoms with Crippen molar-refractivity contribution in [3.05, 3.63) is 59.2 Å². The first kappa shape index (κ1) is 25.3. The van der Waals surface area contributed by atoms with Crippen LogP contribution in [-0.2, 0) is 26.1 Å². The van der Waals surface area contributed by atoms with E-state index in [0.717, 1.165) is 23.1 Å². The van der Waals surface area contributed by atoms with E-state index in [1.165, 1.54) is 6.08 Å². The van der Waals surface area contributed by atoms with Crippen molar-refractivity contribution in [1.82, 2.24) is 0 Å². The number of methoxy groups -OCH3 is 1. The average molecular weight is 431 g/mol. The third-order valence-corrected chi connectivity index (χ3v) is 6.43. The van der Waals surface area contributed by atoms with Crippen LogP contribution < -0.4 is 0 Å². The largest absolute Gasteiger partial charge is 0.455 e. The Morgan fingerprint density at radius 2 is 2.10 bits per heavy atom. The molecule has 0 saturated heterocycles. The lowest BCUT2D eigenvalue weighted by molar-refractivity contribution is -0.143. The number of allylic oxidation sites excluding steroid dienone is 1. The number of benzene rings is 1. The van der Waals surface area contributed by atoms with Crippen molar-refractivity contribution in [1.29, 1.82) is 0 Å². The van der Waals surface area contributed by atoms with Crippen LogP contribution in [0.25, 0.3) is 0 Å². The predicted octanol–water partition coefficient (Wildman–Crippen LogP) is 4.11. The van der Waals surface area contributed by atoms with Gasteiger partial charge >= 0.3 is 5.97 Å². The van der Waals surface area contributed by atoms with Gasteiger partial charge in [-0.15, -0.1) is 0 Å². The smallest absolute Gasteiger partial charge is 0.331 e. The van der Waals surface area contributed by atoms with Gasteiger partial charge in [-0.3, -0.25) is 0 Å². The van der Waals surface area contributed by atoms with Crippen LogP contribution in [0.4, 0.5) is 0 Å². The monoisotopic (exact) mass is 430 g/mol. The second-order valence-corrected chi connectivity index (χ2v) is 9.06. The van der Waals surface area contributed by atoms with Crippen LogP contribution >= 0.6 is 0 Å². The fourth-order valence-electron chi connectivity index (χ4n) is 3.94. The number of hydrogen-bond donors (Lipinski definition) is 2. The molecule has 4 atom stereocenters. The number of carbonyl (C=O) groups is 1. The summed E-state index contributed by atoms with van der Waals surface area (Å²) in [5, 5.41) is 20.7. The van der Waals surface area contributed by atoms with E-state index in [1.807, 2.05) is 58.0 Å². The molecule has 2 N–H and O–H groups in total. The van der Waals surface area contributed by atoms with Crippen LogP contribution in [0.2, 0.25) is 0 Å². The minimum absolute atomic E-state index is 0.0119. The highest BCUT2D eigenvalue weighted by atomic mass is 16.5. The van der Waals surface area contributed by atoms with E-state index in [-0.39, 0.29) is 18.6 Å². The van der Waals surface area contributed by atoms with Gasteiger partial charge in [-0.2, -0.15) is 0 Å². The maximum absolute atomic E-state index is 12.5. The van der Waals surface area contributed by atoms with Crippen molar-refractivity contribution in [2.75, 3.05) is 13.7 Å². The lowest BCUT2D eigenvalue weighted by atomic mass is 9.76. The number of aliphatic hydroxyl groups excluding tert-OH is 2. The lowest BCUT2D eigenvalue weighted by Gasteiger charge is -2.34. The zero-order valence-electron chi connectivity index (χ0n) is 19.5. The minimum atomic E-state index is -0.632. The Morgan fingerprint density at radius 1 is 1.35 bits per heavy atom. The molecule has 0 aromatic heterocycles. The molecular formula is C26H38O5. The molecule has 5 heteroatoms. The summed E-state index contributed by atoms with van der Waals surface area (Å²) in [5.41, 5.74) is 2.56. The summed E-state index contributed by atoms with van der Waals surface area (Å²) in [4.78, 5) is 12.5. The third-order valence-electron chi connectivity index (χ3n) is 6.43. The summed E-state index contributed by atoms with van der Waals surface area (Å²) in [6.45, 7) is 8.06. The standard InChI is InChI=1S/C26H38O5/c1-6-19(17-27)13-18(2)23-15-22(30-5)16-24(28)26(3,4)21-11-7-9-20(14-21)10-8-12-25(29)31-23/h7-9,11-14,19,22-24,27-28H,6,10,15-17H2,1-5H3/b12-8+,18-13-/t19-,22+,23?,24-/m0/s1. The van der Waals surface area contributed by atoms with Gasteiger partial charge in [-0.25, -0.2) is 4.79 Å². The Labute approximate surface area is 186 Å². The van der Waals surface area contributed by atoms with Gasteiger partial charge in [0.2, 0.25) is 0 Å². The van der Waals surface area contributed by atoms with Crippen molar-refractivity contribution in [2.24, 2.45) is 5.92 Å². The summed E-state index contributed by atoms with van der Waals surface area (Å²) < 4.78 is 11.5. The van der Waals surface area contributed by atoms with E-state index in [4.69, 9.17) is 9.47 Å². The SMILES string of the molecule is CC[C@@H](/C=C(/C)C1C[C@@H](OC)C[C@H](O)C(C)(C)c2cccc(c2)C/C=C/C(=O)O1)CO. The molecule has 2 bridgehead atoms. The topological polar surface area (TPSA) is 76.0 Å². The molecule has 2 rings (SSSR count). The van der Waals surface area contributed by atoms with E-state index < -0.39 is 23.6 Å². The normalized spacial score (nSPS) is 27.1. The van der Waals surface area contributed by atoms with E-state index in [0.29, 0.717) is 19.3 Å². The zero-order chi connectivity index (χ0) is 23.0. The Morgan fingerprint density at radius 3 is 2.74 bits per heavy atom. The van der Waals surface area contributed by atoms with E-state index >= 15 is 0 Å². The molecule has 1 aliphatic rings. The molecule has 1 aromatic carbocycles. The number of carbonyl (C=O) groups excluding carboxylic acids is 1. The first-order chi connectivity index (χ1) is 14.7. The van der Waals surface area contributed by atoms with E-state index in [9.17, 15) is 15.0 Å².